The smallest absolute Gasteiger partial charge is 0.356 e. The first-order valence-electron chi connectivity index (χ1n) is 9.46. The van der Waals surface area contributed by atoms with Gasteiger partial charge in [0.1, 0.15) is 0 Å². The Morgan fingerprint density at radius 3 is 2.17 bits per heavy atom. The van der Waals surface area contributed by atoms with Gasteiger partial charge in [-0.05, 0) is 40.3 Å². The Labute approximate surface area is 175 Å². The van der Waals surface area contributed by atoms with Crippen molar-refractivity contribution in [1.29, 1.82) is 0 Å². The molecule has 1 aromatic heterocycles. The van der Waals surface area contributed by atoms with Gasteiger partial charge in [-0.2, -0.15) is 5.10 Å². The molecule has 0 bridgehead atoms. The van der Waals surface area contributed by atoms with Crippen LogP contribution in [0.3, 0.4) is 0 Å². The number of hydrogen-bond acceptors (Lipinski definition) is 5. The van der Waals surface area contributed by atoms with E-state index in [2.05, 4.69) is 5.10 Å². The Hall–Kier alpha value is -2.97. The number of carbonyl (C=O) groups is 1. The summed E-state index contributed by atoms with van der Waals surface area (Å²) in [6, 6.07) is 13.9. The SMILES string of the molecule is CC(C)Cn1nc(C(=O)O)cc1-c1ccc(-c2ccc(CO)c(S(C)(=O)=O)c2)cc1. The number of rotatable bonds is 7. The Morgan fingerprint density at radius 1 is 1.03 bits per heavy atom. The number of benzene rings is 2. The fraction of sp³-hybridized carbons (Fsp3) is 0.273. The summed E-state index contributed by atoms with van der Waals surface area (Å²) in [4.78, 5) is 11.4. The molecule has 7 nitrogen and oxygen atoms in total. The second-order valence-electron chi connectivity index (χ2n) is 7.63. The summed E-state index contributed by atoms with van der Waals surface area (Å²) in [5.41, 5.74) is 3.39. The van der Waals surface area contributed by atoms with E-state index in [0.717, 1.165) is 17.4 Å². The van der Waals surface area contributed by atoms with E-state index in [0.29, 0.717) is 29.3 Å². The van der Waals surface area contributed by atoms with Crippen molar-refractivity contribution in [2.75, 3.05) is 6.26 Å². The normalized spacial score (nSPS) is 11.8. The van der Waals surface area contributed by atoms with Gasteiger partial charge in [0.15, 0.2) is 15.5 Å². The first-order valence-corrected chi connectivity index (χ1v) is 11.3. The zero-order valence-electron chi connectivity index (χ0n) is 17.0. The molecule has 3 rings (SSSR count). The van der Waals surface area contributed by atoms with Crippen molar-refractivity contribution in [2.45, 2.75) is 31.9 Å². The van der Waals surface area contributed by atoms with E-state index >= 15 is 0 Å². The van der Waals surface area contributed by atoms with Crippen molar-refractivity contribution in [2.24, 2.45) is 5.92 Å². The average Bonchev–Trinajstić information content (AvgIpc) is 3.10. The summed E-state index contributed by atoms with van der Waals surface area (Å²) >= 11 is 0. The molecule has 8 heteroatoms. The van der Waals surface area contributed by atoms with Crippen molar-refractivity contribution in [3.8, 4) is 22.4 Å². The topological polar surface area (TPSA) is 109 Å². The van der Waals surface area contributed by atoms with Gasteiger partial charge in [0.25, 0.3) is 0 Å². The average molecular weight is 429 g/mol. The minimum absolute atomic E-state index is 0.00730. The Kier molecular flexibility index (Phi) is 6.09. The van der Waals surface area contributed by atoms with Gasteiger partial charge in [-0.3, -0.25) is 4.68 Å². The Morgan fingerprint density at radius 2 is 1.63 bits per heavy atom. The third-order valence-corrected chi connectivity index (χ3v) is 5.87. The van der Waals surface area contributed by atoms with Gasteiger partial charge < -0.3 is 10.2 Å². The van der Waals surface area contributed by atoms with Crippen LogP contribution in [-0.2, 0) is 23.0 Å². The van der Waals surface area contributed by atoms with Crippen LogP contribution in [0.4, 0.5) is 0 Å². The van der Waals surface area contributed by atoms with Crippen LogP contribution in [-0.4, -0.2) is 40.6 Å². The molecule has 2 N–H and O–H groups in total. The van der Waals surface area contributed by atoms with Gasteiger partial charge in [-0.15, -0.1) is 0 Å². The van der Waals surface area contributed by atoms with Gasteiger partial charge in [0.2, 0.25) is 0 Å². The first kappa shape index (κ1) is 21.7. The monoisotopic (exact) mass is 428 g/mol. The summed E-state index contributed by atoms with van der Waals surface area (Å²) < 4.78 is 25.8. The molecule has 0 radical (unpaired) electrons. The number of aliphatic hydroxyl groups excluding tert-OH is 1. The number of aromatic carboxylic acids is 1. The summed E-state index contributed by atoms with van der Waals surface area (Å²) in [5, 5.41) is 22.9. The van der Waals surface area contributed by atoms with E-state index in [1.165, 1.54) is 0 Å². The highest BCUT2D eigenvalue weighted by atomic mass is 32.2. The maximum Gasteiger partial charge on any atom is 0.356 e. The molecule has 2 aromatic carbocycles. The van der Waals surface area contributed by atoms with Crippen molar-refractivity contribution < 1.29 is 23.4 Å². The molecule has 0 unspecified atom stereocenters. The molecule has 0 aliphatic carbocycles. The lowest BCUT2D eigenvalue weighted by Crippen LogP contribution is -2.09. The van der Waals surface area contributed by atoms with Crippen LogP contribution in [0.15, 0.2) is 53.4 Å². The second kappa shape index (κ2) is 8.41. The fourth-order valence-electron chi connectivity index (χ4n) is 3.28. The van der Waals surface area contributed by atoms with Crippen molar-refractivity contribution in [3.63, 3.8) is 0 Å². The number of sulfone groups is 1. The lowest BCUT2D eigenvalue weighted by Gasteiger charge is -2.11. The predicted octanol–water partition coefficient (Wildman–Crippen LogP) is 3.47. The molecule has 0 fully saturated rings. The molecule has 0 amide bonds. The van der Waals surface area contributed by atoms with Crippen LogP contribution in [0.5, 0.6) is 0 Å². The van der Waals surface area contributed by atoms with E-state index < -0.39 is 15.8 Å². The van der Waals surface area contributed by atoms with Crippen molar-refractivity contribution in [3.05, 3.63) is 59.8 Å². The molecular formula is C22H24N2O5S. The van der Waals surface area contributed by atoms with E-state index in [1.807, 2.05) is 38.1 Å². The van der Waals surface area contributed by atoms with E-state index in [-0.39, 0.29) is 17.2 Å². The standard InChI is InChI=1S/C22H24N2O5S/c1-14(2)12-24-20(11-19(23-24)22(26)27)16-6-4-15(5-7-16)17-8-9-18(13-25)21(10-17)30(3,28)29/h4-11,14,25H,12-13H2,1-3H3,(H,26,27). The van der Waals surface area contributed by atoms with Gasteiger partial charge in [-0.25, -0.2) is 13.2 Å². The zero-order valence-corrected chi connectivity index (χ0v) is 17.8. The maximum atomic E-state index is 12.0. The predicted molar refractivity (Wildman–Crippen MR) is 114 cm³/mol. The summed E-state index contributed by atoms with van der Waals surface area (Å²) in [6.07, 6.45) is 1.12. The molecule has 0 aliphatic heterocycles. The van der Waals surface area contributed by atoms with Gasteiger partial charge >= 0.3 is 5.97 Å². The van der Waals surface area contributed by atoms with Gasteiger partial charge in [0.05, 0.1) is 17.2 Å². The number of hydrogen-bond donors (Lipinski definition) is 2. The van der Waals surface area contributed by atoms with E-state index in [9.17, 15) is 23.4 Å². The summed E-state index contributed by atoms with van der Waals surface area (Å²) in [5.74, 6) is -0.781. The fourth-order valence-corrected chi connectivity index (χ4v) is 4.23. The van der Waals surface area contributed by atoms with Crippen LogP contribution in [0, 0.1) is 5.92 Å². The molecule has 3 aromatic rings. The molecule has 0 aliphatic rings. The van der Waals surface area contributed by atoms with Crippen LogP contribution in [0.1, 0.15) is 29.9 Å². The van der Waals surface area contributed by atoms with Crippen LogP contribution >= 0.6 is 0 Å². The molecule has 0 atom stereocenters. The second-order valence-corrected chi connectivity index (χ2v) is 9.61. The largest absolute Gasteiger partial charge is 0.476 e. The Bertz CT molecular complexity index is 1180. The zero-order chi connectivity index (χ0) is 22.1. The minimum Gasteiger partial charge on any atom is -0.476 e. The minimum atomic E-state index is -3.48. The van der Waals surface area contributed by atoms with Crippen LogP contribution in [0.2, 0.25) is 0 Å². The Balaban J connectivity index is 2.01. The number of nitrogens with zero attached hydrogens (tertiary/aromatic N) is 2. The lowest BCUT2D eigenvalue weighted by molar-refractivity contribution is 0.0689. The maximum absolute atomic E-state index is 12.0. The summed E-state index contributed by atoms with van der Waals surface area (Å²) in [6.45, 7) is 4.30. The number of aromatic nitrogens is 2. The van der Waals surface area contributed by atoms with Crippen molar-refractivity contribution >= 4 is 15.8 Å². The molecule has 158 valence electrons. The molecule has 0 spiro atoms. The van der Waals surface area contributed by atoms with Crippen molar-refractivity contribution in [1.82, 2.24) is 9.78 Å². The number of carboxylic acids is 1. The molecule has 0 saturated carbocycles. The third kappa shape index (κ3) is 4.60. The quantitative estimate of drug-likeness (QED) is 0.596. The summed E-state index contributed by atoms with van der Waals surface area (Å²) in [7, 11) is -3.48. The highest BCUT2D eigenvalue weighted by Crippen LogP contribution is 2.29. The van der Waals surface area contributed by atoms with E-state index in [4.69, 9.17) is 0 Å². The number of carboxylic acid groups (broad SMARTS) is 1. The number of aliphatic hydroxyl groups is 1. The highest BCUT2D eigenvalue weighted by Gasteiger charge is 2.17. The first-order chi connectivity index (χ1) is 14.1. The van der Waals surface area contributed by atoms with Crippen LogP contribution in [0.25, 0.3) is 22.4 Å². The lowest BCUT2D eigenvalue weighted by atomic mass is 10.0. The molecule has 1 heterocycles. The molecular weight excluding hydrogens is 404 g/mol. The third-order valence-electron chi connectivity index (χ3n) is 4.69. The highest BCUT2D eigenvalue weighted by molar-refractivity contribution is 7.90. The molecule has 0 saturated heterocycles. The van der Waals surface area contributed by atoms with Gasteiger partial charge in [-0.1, -0.05) is 50.2 Å². The van der Waals surface area contributed by atoms with E-state index in [1.54, 1.807) is 28.9 Å². The van der Waals surface area contributed by atoms with Crippen LogP contribution < -0.4 is 0 Å². The van der Waals surface area contributed by atoms with Gasteiger partial charge in [0, 0.05) is 12.8 Å². The molecule has 30 heavy (non-hydrogen) atoms.